The van der Waals surface area contributed by atoms with Gasteiger partial charge in [0.1, 0.15) is 11.5 Å². The van der Waals surface area contributed by atoms with Gasteiger partial charge in [0.15, 0.2) is 5.82 Å². The fourth-order valence-electron chi connectivity index (χ4n) is 1.84. The Bertz CT molecular complexity index is 941. The Kier molecular flexibility index (Phi) is 4.51. The van der Waals surface area contributed by atoms with Crippen LogP contribution in [0.15, 0.2) is 49.7 Å². The molecule has 8 nitrogen and oxygen atoms in total. The zero-order valence-corrected chi connectivity index (χ0v) is 14.1. The van der Waals surface area contributed by atoms with Crippen molar-refractivity contribution in [1.82, 2.24) is 9.88 Å². The average Bonchev–Trinajstić information content (AvgIpc) is 3.27. The zero-order chi connectivity index (χ0) is 17.2. The maximum atomic E-state index is 12.2. The van der Waals surface area contributed by atoms with E-state index in [1.165, 1.54) is 17.7 Å². The highest BCUT2D eigenvalue weighted by molar-refractivity contribution is 7.89. The number of rotatable bonds is 6. The lowest BCUT2D eigenvalue weighted by molar-refractivity contribution is 0.102. The molecule has 24 heavy (non-hydrogen) atoms. The fraction of sp³-hybridized carbons (Fsp3) is 0.143. The van der Waals surface area contributed by atoms with E-state index in [1.54, 1.807) is 25.1 Å². The minimum atomic E-state index is -3.73. The fourth-order valence-corrected chi connectivity index (χ4v) is 4.01. The van der Waals surface area contributed by atoms with Crippen molar-refractivity contribution >= 4 is 33.1 Å². The topological polar surface area (TPSA) is 114 Å². The van der Waals surface area contributed by atoms with E-state index in [0.29, 0.717) is 11.5 Å². The number of thiophene rings is 1. The van der Waals surface area contributed by atoms with Crippen molar-refractivity contribution in [3.05, 3.63) is 52.3 Å². The largest absolute Gasteiger partial charge is 0.468 e. The third kappa shape index (κ3) is 3.72. The smallest absolute Gasteiger partial charge is 0.267 e. The number of furan rings is 1. The van der Waals surface area contributed by atoms with E-state index >= 15 is 0 Å². The van der Waals surface area contributed by atoms with E-state index < -0.39 is 15.9 Å². The van der Waals surface area contributed by atoms with Gasteiger partial charge in [-0.2, -0.15) is 0 Å². The van der Waals surface area contributed by atoms with Gasteiger partial charge < -0.3 is 14.3 Å². The molecule has 0 aromatic carbocycles. The standard InChI is InChI=1S/C14H13N3O5S2/c1-9-5-13(17-22-9)16-14(18)12-6-11(8-23-12)24(19,20)15-7-10-3-2-4-21-10/h2-6,8,15H,7H2,1H3,(H,16,17,18). The number of anilines is 1. The van der Waals surface area contributed by atoms with Gasteiger partial charge in [0.2, 0.25) is 10.0 Å². The van der Waals surface area contributed by atoms with Gasteiger partial charge in [-0.3, -0.25) is 4.79 Å². The van der Waals surface area contributed by atoms with Crippen LogP contribution in [0.1, 0.15) is 21.2 Å². The maximum absolute atomic E-state index is 12.2. The van der Waals surface area contributed by atoms with Crippen molar-refractivity contribution < 1.29 is 22.2 Å². The predicted octanol–water partition coefficient (Wildman–Crippen LogP) is 2.37. The summed E-state index contributed by atoms with van der Waals surface area (Å²) in [5.74, 6) is 0.863. The number of carbonyl (C=O) groups is 1. The van der Waals surface area contributed by atoms with Crippen LogP contribution in [0.3, 0.4) is 0 Å². The van der Waals surface area contributed by atoms with Gasteiger partial charge in [-0.1, -0.05) is 5.16 Å². The van der Waals surface area contributed by atoms with Crippen LogP contribution in [0.25, 0.3) is 0 Å². The number of hydrogen-bond donors (Lipinski definition) is 2. The van der Waals surface area contributed by atoms with Crippen LogP contribution in [0.2, 0.25) is 0 Å². The summed E-state index contributed by atoms with van der Waals surface area (Å²) in [6.45, 7) is 1.73. The summed E-state index contributed by atoms with van der Waals surface area (Å²) in [5, 5.41) is 7.58. The lowest BCUT2D eigenvalue weighted by Crippen LogP contribution is -2.22. The summed E-state index contributed by atoms with van der Waals surface area (Å²) in [6.07, 6.45) is 1.46. The number of nitrogens with zero attached hydrogens (tertiary/aromatic N) is 1. The molecule has 0 spiro atoms. The van der Waals surface area contributed by atoms with Gasteiger partial charge in [-0.25, -0.2) is 13.1 Å². The van der Waals surface area contributed by atoms with Crippen molar-refractivity contribution in [2.75, 3.05) is 5.32 Å². The molecule has 0 aliphatic heterocycles. The van der Waals surface area contributed by atoms with Crippen LogP contribution in [-0.2, 0) is 16.6 Å². The number of nitrogens with one attached hydrogen (secondary N) is 2. The molecule has 3 rings (SSSR count). The molecule has 3 aromatic rings. The van der Waals surface area contributed by atoms with Gasteiger partial charge >= 0.3 is 0 Å². The van der Waals surface area contributed by atoms with Gasteiger partial charge in [0.05, 0.1) is 22.6 Å². The Morgan fingerprint density at radius 3 is 2.88 bits per heavy atom. The Labute approximate surface area is 141 Å². The van der Waals surface area contributed by atoms with Crippen LogP contribution in [0.4, 0.5) is 5.82 Å². The molecule has 0 atom stereocenters. The Balaban J connectivity index is 1.68. The highest BCUT2D eigenvalue weighted by Gasteiger charge is 2.19. The first-order chi connectivity index (χ1) is 11.4. The molecule has 3 aromatic heterocycles. The van der Waals surface area contributed by atoms with Crippen LogP contribution in [0, 0.1) is 6.92 Å². The number of aryl methyl sites for hydroxylation is 1. The van der Waals surface area contributed by atoms with Crippen molar-refractivity contribution in [1.29, 1.82) is 0 Å². The molecule has 0 saturated heterocycles. The highest BCUT2D eigenvalue weighted by atomic mass is 32.2. The molecule has 2 N–H and O–H groups in total. The molecule has 1 amide bonds. The molecule has 0 fully saturated rings. The Morgan fingerprint density at radius 1 is 1.38 bits per heavy atom. The molecule has 0 unspecified atom stereocenters. The molecule has 0 aliphatic rings. The van der Waals surface area contributed by atoms with Gasteiger partial charge in [0.25, 0.3) is 5.91 Å². The van der Waals surface area contributed by atoms with Crippen molar-refractivity contribution in [2.24, 2.45) is 0 Å². The normalized spacial score (nSPS) is 11.5. The summed E-state index contributed by atoms with van der Waals surface area (Å²) in [7, 11) is -3.73. The van der Waals surface area contributed by atoms with Crippen LogP contribution in [-0.4, -0.2) is 19.5 Å². The molecule has 3 heterocycles. The molecule has 0 bridgehead atoms. The minimum Gasteiger partial charge on any atom is -0.468 e. The van der Waals surface area contributed by atoms with Gasteiger partial charge in [-0.15, -0.1) is 11.3 Å². The summed E-state index contributed by atoms with van der Waals surface area (Å²) in [4.78, 5) is 12.4. The van der Waals surface area contributed by atoms with Crippen LogP contribution in [0.5, 0.6) is 0 Å². The summed E-state index contributed by atoms with van der Waals surface area (Å²) < 4.78 is 36.8. The quantitative estimate of drug-likeness (QED) is 0.691. The van der Waals surface area contributed by atoms with E-state index in [1.807, 2.05) is 0 Å². The molecular formula is C14H13N3O5S2. The number of hydrogen-bond acceptors (Lipinski definition) is 7. The van der Waals surface area contributed by atoms with Crippen molar-refractivity contribution in [2.45, 2.75) is 18.4 Å². The maximum Gasteiger partial charge on any atom is 0.267 e. The molecular weight excluding hydrogens is 354 g/mol. The number of sulfonamides is 1. The second-order valence-electron chi connectivity index (χ2n) is 4.83. The lowest BCUT2D eigenvalue weighted by atomic mass is 10.4. The first kappa shape index (κ1) is 16.4. The molecule has 0 radical (unpaired) electrons. The van der Waals surface area contributed by atoms with E-state index in [2.05, 4.69) is 15.2 Å². The van der Waals surface area contributed by atoms with E-state index in [9.17, 15) is 13.2 Å². The summed E-state index contributed by atoms with van der Waals surface area (Å²) in [6, 6.07) is 6.20. The molecule has 0 aliphatic carbocycles. The SMILES string of the molecule is Cc1cc(NC(=O)c2cc(S(=O)(=O)NCc3ccco3)cs2)no1. The van der Waals surface area contributed by atoms with E-state index in [4.69, 9.17) is 8.94 Å². The Hall–Kier alpha value is -2.43. The van der Waals surface area contributed by atoms with Crippen molar-refractivity contribution in [3.8, 4) is 0 Å². The van der Waals surface area contributed by atoms with Gasteiger partial charge in [0, 0.05) is 11.4 Å². The second kappa shape index (κ2) is 6.59. The third-order valence-electron chi connectivity index (χ3n) is 3.00. The monoisotopic (exact) mass is 367 g/mol. The first-order valence-electron chi connectivity index (χ1n) is 6.79. The Morgan fingerprint density at radius 2 is 2.21 bits per heavy atom. The number of aromatic nitrogens is 1. The summed E-state index contributed by atoms with van der Waals surface area (Å²) >= 11 is 1.02. The predicted molar refractivity (Wildman–Crippen MR) is 86.2 cm³/mol. The van der Waals surface area contributed by atoms with E-state index in [-0.39, 0.29) is 22.1 Å². The minimum absolute atomic E-state index is 0.0144. The molecule has 10 heteroatoms. The lowest BCUT2D eigenvalue weighted by Gasteiger charge is -2.02. The average molecular weight is 367 g/mol. The molecule has 126 valence electrons. The first-order valence-corrected chi connectivity index (χ1v) is 9.15. The second-order valence-corrected chi connectivity index (χ2v) is 7.51. The highest BCUT2D eigenvalue weighted by Crippen LogP contribution is 2.21. The zero-order valence-electron chi connectivity index (χ0n) is 12.5. The van der Waals surface area contributed by atoms with Gasteiger partial charge in [-0.05, 0) is 25.1 Å². The summed E-state index contributed by atoms with van der Waals surface area (Å²) in [5.41, 5.74) is 0. The van der Waals surface area contributed by atoms with Crippen LogP contribution < -0.4 is 10.0 Å². The van der Waals surface area contributed by atoms with Crippen LogP contribution >= 0.6 is 11.3 Å². The van der Waals surface area contributed by atoms with E-state index in [0.717, 1.165) is 11.3 Å². The van der Waals surface area contributed by atoms with Crippen molar-refractivity contribution in [3.63, 3.8) is 0 Å². The molecule has 0 saturated carbocycles. The number of carbonyl (C=O) groups excluding carboxylic acids is 1. The number of amides is 1. The third-order valence-corrected chi connectivity index (χ3v) is 5.45.